The molecule has 0 radical (unpaired) electrons. The number of carbonyl (C=O) groups is 2. The molecule has 0 aliphatic carbocycles. The minimum atomic E-state index is -0.336. The second kappa shape index (κ2) is 5.23. The molecule has 5 heteroatoms. The summed E-state index contributed by atoms with van der Waals surface area (Å²) < 4.78 is 13.7. The summed E-state index contributed by atoms with van der Waals surface area (Å²) in [7, 11) is 0. The minimum absolute atomic E-state index is 0.0226. The van der Waals surface area contributed by atoms with E-state index in [1.165, 1.54) is 11.0 Å². The van der Waals surface area contributed by atoms with Gasteiger partial charge < -0.3 is 9.80 Å². The van der Waals surface area contributed by atoms with Crippen LogP contribution in [0.2, 0.25) is 0 Å². The standard InChI is InChI=1S/C15H17FN2O2/c16-12-6-2-1-5-11(12)9-17-10-14(19)18-8-4-3-7-13(18)15(17)20/h1-2,5-6,13H,3-4,7-10H2. The number of hydrogen-bond acceptors (Lipinski definition) is 2. The van der Waals surface area contributed by atoms with E-state index in [1.54, 1.807) is 23.1 Å². The lowest BCUT2D eigenvalue weighted by Crippen LogP contribution is -2.60. The van der Waals surface area contributed by atoms with Crippen LogP contribution in [0.4, 0.5) is 4.39 Å². The van der Waals surface area contributed by atoms with E-state index in [9.17, 15) is 14.0 Å². The summed E-state index contributed by atoms with van der Waals surface area (Å²) >= 11 is 0. The molecule has 2 heterocycles. The number of benzene rings is 1. The lowest BCUT2D eigenvalue weighted by atomic mass is 9.98. The first kappa shape index (κ1) is 13.1. The first-order valence-electron chi connectivity index (χ1n) is 6.98. The predicted octanol–water partition coefficient (Wildman–Crippen LogP) is 1.55. The summed E-state index contributed by atoms with van der Waals surface area (Å²) in [5.74, 6) is -0.406. The van der Waals surface area contributed by atoms with Crippen molar-refractivity contribution in [3.8, 4) is 0 Å². The second-order valence-corrected chi connectivity index (χ2v) is 5.38. The van der Waals surface area contributed by atoms with Crippen LogP contribution in [0.25, 0.3) is 0 Å². The van der Waals surface area contributed by atoms with Gasteiger partial charge in [0.05, 0.1) is 0 Å². The second-order valence-electron chi connectivity index (χ2n) is 5.38. The van der Waals surface area contributed by atoms with Crippen LogP contribution in [0.15, 0.2) is 24.3 Å². The minimum Gasteiger partial charge on any atom is -0.329 e. The monoisotopic (exact) mass is 276 g/mol. The van der Waals surface area contributed by atoms with Crippen LogP contribution < -0.4 is 0 Å². The van der Waals surface area contributed by atoms with Crippen LogP contribution in [-0.4, -0.2) is 40.7 Å². The maximum Gasteiger partial charge on any atom is 0.246 e. The van der Waals surface area contributed by atoms with Crippen LogP contribution in [0.3, 0.4) is 0 Å². The summed E-state index contributed by atoms with van der Waals surface area (Å²) in [5, 5.41) is 0. The largest absolute Gasteiger partial charge is 0.329 e. The van der Waals surface area contributed by atoms with E-state index in [-0.39, 0.29) is 36.8 Å². The number of piperazine rings is 1. The lowest BCUT2D eigenvalue weighted by Gasteiger charge is -2.42. The highest BCUT2D eigenvalue weighted by molar-refractivity contribution is 5.95. The van der Waals surface area contributed by atoms with Crippen LogP contribution in [-0.2, 0) is 16.1 Å². The maximum absolute atomic E-state index is 13.7. The Kier molecular flexibility index (Phi) is 3.42. The predicted molar refractivity (Wildman–Crippen MR) is 71.2 cm³/mol. The van der Waals surface area contributed by atoms with Gasteiger partial charge in [-0.3, -0.25) is 9.59 Å². The molecule has 2 aliphatic rings. The number of amides is 2. The van der Waals surface area contributed by atoms with Gasteiger partial charge in [-0.25, -0.2) is 4.39 Å². The van der Waals surface area contributed by atoms with Crippen molar-refractivity contribution in [3.05, 3.63) is 35.6 Å². The Morgan fingerprint density at radius 3 is 2.80 bits per heavy atom. The molecule has 0 aromatic heterocycles. The number of fused-ring (bicyclic) bond motifs is 1. The van der Waals surface area contributed by atoms with Crippen molar-refractivity contribution in [2.45, 2.75) is 31.8 Å². The van der Waals surface area contributed by atoms with Crippen molar-refractivity contribution < 1.29 is 14.0 Å². The van der Waals surface area contributed by atoms with E-state index in [0.717, 1.165) is 19.3 Å². The van der Waals surface area contributed by atoms with E-state index in [4.69, 9.17) is 0 Å². The average Bonchev–Trinajstić information content (AvgIpc) is 2.47. The zero-order chi connectivity index (χ0) is 14.1. The molecule has 0 spiro atoms. The normalized spacial score (nSPS) is 22.9. The van der Waals surface area contributed by atoms with Gasteiger partial charge in [0.15, 0.2) is 0 Å². The fraction of sp³-hybridized carbons (Fsp3) is 0.467. The zero-order valence-corrected chi connectivity index (χ0v) is 11.2. The molecule has 2 aliphatic heterocycles. The van der Waals surface area contributed by atoms with E-state index in [0.29, 0.717) is 12.1 Å². The number of carbonyl (C=O) groups excluding carboxylic acids is 2. The highest BCUT2D eigenvalue weighted by Crippen LogP contribution is 2.24. The average molecular weight is 276 g/mol. The Morgan fingerprint density at radius 2 is 2.00 bits per heavy atom. The molecule has 106 valence electrons. The third kappa shape index (κ3) is 2.28. The van der Waals surface area contributed by atoms with Crippen LogP contribution in [0.5, 0.6) is 0 Å². The fourth-order valence-electron chi connectivity index (χ4n) is 3.00. The van der Waals surface area contributed by atoms with Crippen molar-refractivity contribution in [1.82, 2.24) is 9.80 Å². The molecule has 0 N–H and O–H groups in total. The third-order valence-corrected chi connectivity index (χ3v) is 4.07. The number of rotatable bonds is 2. The fourth-order valence-corrected chi connectivity index (χ4v) is 3.00. The lowest BCUT2D eigenvalue weighted by molar-refractivity contribution is -0.158. The molecule has 2 saturated heterocycles. The van der Waals surface area contributed by atoms with Gasteiger partial charge in [-0.05, 0) is 25.3 Å². The van der Waals surface area contributed by atoms with Crippen molar-refractivity contribution in [3.63, 3.8) is 0 Å². The third-order valence-electron chi connectivity index (χ3n) is 4.07. The highest BCUT2D eigenvalue weighted by atomic mass is 19.1. The van der Waals surface area contributed by atoms with Crippen molar-refractivity contribution in [2.75, 3.05) is 13.1 Å². The molecule has 3 rings (SSSR count). The summed E-state index contributed by atoms with van der Waals surface area (Å²) in [6.45, 7) is 0.897. The van der Waals surface area contributed by atoms with Gasteiger partial charge in [0.1, 0.15) is 18.4 Å². The molecule has 1 unspecified atom stereocenters. The zero-order valence-electron chi connectivity index (χ0n) is 11.2. The Balaban J connectivity index is 1.79. The van der Waals surface area contributed by atoms with Gasteiger partial charge in [0.2, 0.25) is 11.8 Å². The van der Waals surface area contributed by atoms with Crippen LogP contribution in [0.1, 0.15) is 24.8 Å². The Bertz CT molecular complexity index is 546. The number of piperidine rings is 1. The Labute approximate surface area is 117 Å². The number of halogens is 1. The van der Waals surface area contributed by atoms with Gasteiger partial charge in [0.25, 0.3) is 0 Å². The molecule has 0 saturated carbocycles. The van der Waals surface area contributed by atoms with E-state index in [2.05, 4.69) is 0 Å². The summed E-state index contributed by atoms with van der Waals surface area (Å²) in [5.41, 5.74) is 0.456. The van der Waals surface area contributed by atoms with Gasteiger partial charge in [-0.1, -0.05) is 18.2 Å². The number of nitrogens with zero attached hydrogens (tertiary/aromatic N) is 2. The highest BCUT2D eigenvalue weighted by Gasteiger charge is 2.40. The summed E-state index contributed by atoms with van der Waals surface area (Å²) in [6, 6.07) is 6.04. The molecular formula is C15H17FN2O2. The van der Waals surface area contributed by atoms with Crippen molar-refractivity contribution in [1.29, 1.82) is 0 Å². The smallest absolute Gasteiger partial charge is 0.246 e. The molecule has 0 bridgehead atoms. The molecule has 2 fully saturated rings. The number of hydrogen-bond donors (Lipinski definition) is 0. The van der Waals surface area contributed by atoms with E-state index >= 15 is 0 Å². The van der Waals surface area contributed by atoms with Gasteiger partial charge >= 0.3 is 0 Å². The Hall–Kier alpha value is -1.91. The molecule has 1 atom stereocenters. The quantitative estimate of drug-likeness (QED) is 0.822. The molecule has 4 nitrogen and oxygen atoms in total. The van der Waals surface area contributed by atoms with Crippen molar-refractivity contribution >= 4 is 11.8 Å². The molecule has 1 aromatic carbocycles. The van der Waals surface area contributed by atoms with Crippen LogP contribution in [0, 0.1) is 5.82 Å². The van der Waals surface area contributed by atoms with Gasteiger partial charge in [0, 0.05) is 18.7 Å². The van der Waals surface area contributed by atoms with E-state index < -0.39 is 0 Å². The summed E-state index contributed by atoms with van der Waals surface area (Å²) in [6.07, 6.45) is 2.65. The van der Waals surface area contributed by atoms with Gasteiger partial charge in [-0.2, -0.15) is 0 Å². The molecule has 2 amide bonds. The molecular weight excluding hydrogens is 259 g/mol. The SMILES string of the molecule is O=C1C2CCCCN2C(=O)CN1Cc1ccccc1F. The van der Waals surface area contributed by atoms with E-state index in [1.807, 2.05) is 0 Å². The summed E-state index contributed by atoms with van der Waals surface area (Å²) in [4.78, 5) is 27.7. The molecule has 20 heavy (non-hydrogen) atoms. The molecule has 1 aromatic rings. The maximum atomic E-state index is 13.7. The van der Waals surface area contributed by atoms with Gasteiger partial charge in [-0.15, -0.1) is 0 Å². The first-order chi connectivity index (χ1) is 9.66. The topological polar surface area (TPSA) is 40.6 Å². The first-order valence-corrected chi connectivity index (χ1v) is 6.98. The Morgan fingerprint density at radius 1 is 1.20 bits per heavy atom. The van der Waals surface area contributed by atoms with Crippen LogP contribution >= 0.6 is 0 Å². The van der Waals surface area contributed by atoms with Crippen molar-refractivity contribution in [2.24, 2.45) is 0 Å².